The summed E-state index contributed by atoms with van der Waals surface area (Å²) < 4.78 is 27.1. The van der Waals surface area contributed by atoms with E-state index in [1.165, 1.54) is 70.6 Å². The van der Waals surface area contributed by atoms with Gasteiger partial charge in [0, 0.05) is 32.3 Å². The summed E-state index contributed by atoms with van der Waals surface area (Å²) in [5.41, 5.74) is 0.930. The van der Waals surface area contributed by atoms with Crippen LogP contribution in [-0.2, 0) is 29.6 Å². The average molecular weight is 800 g/mol. The number of carbonyl (C=O) groups is 2. The molecule has 0 radical (unpaired) electrons. The SMILES string of the molecule is CCN(CC(=O)O)C(Cc1ccc(P(=O)(OCCCCCCCCCCCCCCCCCCO)OCC[N+](C)(C)C)cc1)CN(CCN(C)C)CC(=O)O. The molecule has 2 unspecified atom stereocenters. The van der Waals surface area contributed by atoms with Gasteiger partial charge in [-0.1, -0.05) is 109 Å². The Morgan fingerprint density at radius 1 is 0.709 bits per heavy atom. The Morgan fingerprint density at radius 2 is 1.18 bits per heavy atom. The van der Waals surface area contributed by atoms with Gasteiger partial charge in [-0.05, 0) is 57.6 Å². The van der Waals surface area contributed by atoms with E-state index in [1.54, 1.807) is 12.1 Å². The lowest BCUT2D eigenvalue weighted by atomic mass is 10.0. The van der Waals surface area contributed by atoms with E-state index < -0.39 is 19.5 Å². The fraction of sp³-hybridized carbons (Fsp3) is 0.810. The molecule has 0 saturated carbocycles. The second-order valence-electron chi connectivity index (χ2n) is 16.5. The zero-order valence-corrected chi connectivity index (χ0v) is 36.5. The van der Waals surface area contributed by atoms with Crippen molar-refractivity contribution in [1.82, 2.24) is 14.7 Å². The maximum absolute atomic E-state index is 14.3. The lowest BCUT2D eigenvalue weighted by Gasteiger charge is -2.34. The topological polar surface area (TPSA) is 140 Å². The van der Waals surface area contributed by atoms with E-state index in [-0.39, 0.29) is 19.1 Å². The van der Waals surface area contributed by atoms with Crippen molar-refractivity contribution in [1.29, 1.82) is 0 Å². The monoisotopic (exact) mass is 800 g/mol. The van der Waals surface area contributed by atoms with Crippen molar-refractivity contribution in [3.63, 3.8) is 0 Å². The van der Waals surface area contributed by atoms with E-state index in [9.17, 15) is 24.4 Å². The van der Waals surface area contributed by atoms with Crippen molar-refractivity contribution in [2.45, 2.75) is 122 Å². The molecule has 0 fully saturated rings. The molecule has 0 aliphatic heterocycles. The zero-order chi connectivity index (χ0) is 41.0. The second kappa shape index (κ2) is 30.2. The van der Waals surface area contributed by atoms with Crippen molar-refractivity contribution >= 4 is 24.8 Å². The van der Waals surface area contributed by atoms with Crippen LogP contribution in [0.2, 0.25) is 0 Å². The summed E-state index contributed by atoms with van der Waals surface area (Å²) in [4.78, 5) is 29.2. The Labute approximate surface area is 334 Å². The molecule has 0 aliphatic carbocycles. The van der Waals surface area contributed by atoms with Gasteiger partial charge in [0.1, 0.15) is 13.2 Å². The number of carboxylic acid groups (broad SMARTS) is 2. The molecule has 3 N–H and O–H groups in total. The Morgan fingerprint density at radius 3 is 1.62 bits per heavy atom. The predicted molar refractivity (Wildman–Crippen MR) is 224 cm³/mol. The van der Waals surface area contributed by atoms with Gasteiger partial charge in [0.15, 0.2) is 0 Å². The third-order valence-electron chi connectivity index (χ3n) is 10.0. The van der Waals surface area contributed by atoms with Crippen LogP contribution in [0.25, 0.3) is 0 Å². The highest BCUT2D eigenvalue weighted by molar-refractivity contribution is 7.62. The van der Waals surface area contributed by atoms with Gasteiger partial charge < -0.3 is 29.2 Å². The quantitative estimate of drug-likeness (QED) is 0.0375. The summed E-state index contributed by atoms with van der Waals surface area (Å²) in [6, 6.07) is 7.16. The maximum Gasteiger partial charge on any atom is 0.361 e. The second-order valence-corrected chi connectivity index (χ2v) is 18.5. The van der Waals surface area contributed by atoms with Crippen molar-refractivity contribution < 1.29 is 43.0 Å². The molecule has 0 saturated heterocycles. The van der Waals surface area contributed by atoms with Gasteiger partial charge in [0.05, 0.1) is 46.1 Å². The Balaban J connectivity index is 2.74. The van der Waals surface area contributed by atoms with Gasteiger partial charge in [0.2, 0.25) is 0 Å². The zero-order valence-electron chi connectivity index (χ0n) is 35.6. The van der Waals surface area contributed by atoms with Crippen molar-refractivity contribution in [3.8, 4) is 0 Å². The molecule has 55 heavy (non-hydrogen) atoms. The van der Waals surface area contributed by atoms with E-state index in [0.29, 0.717) is 68.8 Å². The Hall–Kier alpha value is -1.89. The van der Waals surface area contributed by atoms with Crippen molar-refractivity contribution in [2.75, 3.05) is 101 Å². The number of unbranched alkanes of at least 4 members (excludes halogenated alkanes) is 15. The third kappa shape index (κ3) is 26.6. The first-order chi connectivity index (χ1) is 26.2. The van der Waals surface area contributed by atoms with Gasteiger partial charge >= 0.3 is 19.5 Å². The number of rotatable bonds is 37. The van der Waals surface area contributed by atoms with Gasteiger partial charge in [0.25, 0.3) is 0 Å². The van der Waals surface area contributed by atoms with Crippen LogP contribution in [0.15, 0.2) is 24.3 Å². The highest BCUT2D eigenvalue weighted by atomic mass is 31.2. The van der Waals surface area contributed by atoms with E-state index in [4.69, 9.17) is 14.2 Å². The molecule has 1 aromatic carbocycles. The molecule has 0 heterocycles. The largest absolute Gasteiger partial charge is 0.480 e. The lowest BCUT2D eigenvalue weighted by molar-refractivity contribution is -0.870. The third-order valence-corrected chi connectivity index (χ3v) is 12.0. The fourth-order valence-electron chi connectivity index (χ4n) is 6.63. The average Bonchev–Trinajstić information content (AvgIpc) is 3.11. The van der Waals surface area contributed by atoms with E-state index in [1.807, 2.05) is 47.9 Å². The predicted octanol–water partition coefficient (Wildman–Crippen LogP) is 6.74. The minimum absolute atomic E-state index is 0.131. The van der Waals surface area contributed by atoms with Crippen LogP contribution < -0.4 is 5.30 Å². The first-order valence-electron chi connectivity index (χ1n) is 21.1. The molecule has 1 aromatic rings. The molecule has 0 bridgehead atoms. The summed E-state index contributed by atoms with van der Waals surface area (Å²) in [6.45, 7) is 5.41. The molecule has 0 aliphatic rings. The summed E-state index contributed by atoms with van der Waals surface area (Å²) in [7, 11) is 6.48. The Kier molecular flexibility index (Phi) is 28.1. The van der Waals surface area contributed by atoms with Crippen LogP contribution in [0.4, 0.5) is 0 Å². The number of nitrogens with zero attached hydrogens (tertiary/aromatic N) is 4. The van der Waals surface area contributed by atoms with Crippen LogP contribution in [0.3, 0.4) is 0 Å². The molecular weight excluding hydrogens is 719 g/mol. The van der Waals surface area contributed by atoms with Crippen LogP contribution in [0.5, 0.6) is 0 Å². The van der Waals surface area contributed by atoms with Gasteiger partial charge in [-0.3, -0.25) is 28.5 Å². The first-order valence-corrected chi connectivity index (χ1v) is 22.7. The van der Waals surface area contributed by atoms with E-state index >= 15 is 0 Å². The number of likely N-dealkylation sites (N-methyl/N-ethyl adjacent to an activating group) is 3. The maximum atomic E-state index is 14.3. The fourth-order valence-corrected chi connectivity index (χ4v) is 8.21. The number of quaternary nitrogens is 1. The standard InChI is InChI=1S/C42H79N4O8P/c1-7-45(37-42(50)51)39(35-44(36-41(48)49)29-28-43(2)3)34-38-24-26-40(27-25-38)55(52,54-33-30-46(4,5)6)53-32-23-21-19-17-15-13-11-9-8-10-12-14-16-18-20-22-31-47/h24-27,39,47H,7-23,28-37H2,1-6H3,(H-,48,49,50,51)/p+1. The van der Waals surface area contributed by atoms with Crippen LogP contribution in [-0.4, -0.2) is 153 Å². The van der Waals surface area contributed by atoms with Crippen LogP contribution in [0.1, 0.15) is 115 Å². The molecule has 12 nitrogen and oxygen atoms in total. The van der Waals surface area contributed by atoms with Gasteiger partial charge in [-0.25, -0.2) is 0 Å². The number of aliphatic hydroxyl groups excluding tert-OH is 1. The summed E-state index contributed by atoms with van der Waals surface area (Å²) in [5, 5.41) is 28.6. The molecule has 13 heteroatoms. The number of hydrogen-bond acceptors (Lipinski definition) is 9. The minimum atomic E-state index is -3.59. The smallest absolute Gasteiger partial charge is 0.361 e. The van der Waals surface area contributed by atoms with Crippen molar-refractivity contribution in [2.24, 2.45) is 0 Å². The normalized spacial score (nSPS) is 13.9. The molecule has 1 rings (SSSR count). The van der Waals surface area contributed by atoms with Crippen molar-refractivity contribution in [3.05, 3.63) is 29.8 Å². The Bertz CT molecular complexity index is 1180. The number of hydrogen-bond donors (Lipinski definition) is 3. The summed E-state index contributed by atoms with van der Waals surface area (Å²) in [6.07, 6.45) is 19.9. The summed E-state index contributed by atoms with van der Waals surface area (Å²) in [5.74, 6) is -1.85. The lowest BCUT2D eigenvalue weighted by Crippen LogP contribution is -2.49. The summed E-state index contributed by atoms with van der Waals surface area (Å²) >= 11 is 0. The number of benzene rings is 1. The molecule has 2 atom stereocenters. The van der Waals surface area contributed by atoms with E-state index in [0.717, 1.165) is 37.7 Å². The van der Waals surface area contributed by atoms with Gasteiger partial charge in [-0.15, -0.1) is 0 Å². The highest BCUT2D eigenvalue weighted by Crippen LogP contribution is 2.47. The number of aliphatic hydroxyl groups is 1. The van der Waals surface area contributed by atoms with Crippen LogP contribution >= 0.6 is 7.60 Å². The van der Waals surface area contributed by atoms with E-state index in [2.05, 4.69) is 21.1 Å². The van der Waals surface area contributed by atoms with Crippen LogP contribution in [0, 0.1) is 0 Å². The minimum Gasteiger partial charge on any atom is -0.480 e. The van der Waals surface area contributed by atoms with Gasteiger partial charge in [-0.2, -0.15) is 0 Å². The molecule has 0 amide bonds. The molecule has 320 valence electrons. The molecule has 0 spiro atoms. The molecular formula is C42H80N4O8P+. The number of aliphatic carboxylic acids is 2. The highest BCUT2D eigenvalue weighted by Gasteiger charge is 2.29. The number of carboxylic acids is 2. The molecule has 0 aromatic heterocycles. The first kappa shape index (κ1) is 51.1.